The quantitative estimate of drug-likeness (QED) is 0.509. The molecule has 1 unspecified atom stereocenters. The minimum Gasteiger partial charge on any atom is -0.449 e. The molecule has 6 heteroatoms. The lowest BCUT2D eigenvalue weighted by Crippen LogP contribution is -2.40. The molecule has 0 saturated carbocycles. The van der Waals surface area contributed by atoms with Crippen LogP contribution in [0.2, 0.25) is 0 Å². The van der Waals surface area contributed by atoms with Gasteiger partial charge in [0.1, 0.15) is 0 Å². The summed E-state index contributed by atoms with van der Waals surface area (Å²) in [6.07, 6.45) is 2.29. The predicted molar refractivity (Wildman–Crippen MR) is 133 cm³/mol. The van der Waals surface area contributed by atoms with Crippen molar-refractivity contribution in [3.63, 3.8) is 0 Å². The number of hydrogen-bond donors (Lipinski definition) is 0. The molecule has 2 aromatic carbocycles. The maximum atomic E-state index is 13.7. The highest BCUT2D eigenvalue weighted by Gasteiger charge is 2.33. The van der Waals surface area contributed by atoms with Crippen molar-refractivity contribution in [1.29, 1.82) is 0 Å². The molecule has 0 aliphatic carbocycles. The van der Waals surface area contributed by atoms with Gasteiger partial charge in [-0.05, 0) is 43.5 Å². The first-order chi connectivity index (χ1) is 16.6. The molecule has 3 aromatic rings. The van der Waals surface area contributed by atoms with Crippen molar-refractivity contribution >= 4 is 28.5 Å². The van der Waals surface area contributed by atoms with E-state index in [0.717, 1.165) is 65.8 Å². The van der Waals surface area contributed by atoms with E-state index < -0.39 is 12.1 Å². The van der Waals surface area contributed by atoms with Crippen LogP contribution in [0, 0.1) is 0 Å². The molecule has 0 radical (unpaired) electrons. The van der Waals surface area contributed by atoms with Crippen LogP contribution in [0.15, 0.2) is 48.5 Å². The summed E-state index contributed by atoms with van der Waals surface area (Å²) < 4.78 is 5.97. The van der Waals surface area contributed by atoms with Gasteiger partial charge in [-0.2, -0.15) is 0 Å². The molecule has 1 aromatic heterocycles. The van der Waals surface area contributed by atoms with Gasteiger partial charge in [0.15, 0.2) is 6.10 Å². The number of rotatable bonds is 6. The second kappa shape index (κ2) is 9.55. The van der Waals surface area contributed by atoms with Gasteiger partial charge in [0.25, 0.3) is 5.91 Å². The van der Waals surface area contributed by atoms with Gasteiger partial charge in [-0.1, -0.05) is 50.2 Å². The number of para-hydroxylation sites is 2. The van der Waals surface area contributed by atoms with Crippen molar-refractivity contribution < 1.29 is 14.3 Å². The molecular weight excluding hydrogens is 426 g/mol. The highest BCUT2D eigenvalue weighted by atomic mass is 16.5. The van der Waals surface area contributed by atoms with Crippen molar-refractivity contribution in [3.8, 4) is 0 Å². The largest absolute Gasteiger partial charge is 0.449 e. The summed E-state index contributed by atoms with van der Waals surface area (Å²) in [5.74, 6) is -0.582. The number of hydrogen-bond acceptors (Lipinski definition) is 5. The molecular formula is C28H31N3O3. The zero-order valence-corrected chi connectivity index (χ0v) is 19.9. The molecule has 1 amide bonds. The number of esters is 1. The summed E-state index contributed by atoms with van der Waals surface area (Å²) in [6, 6.07) is 15.7. The van der Waals surface area contributed by atoms with Gasteiger partial charge in [-0.15, -0.1) is 0 Å². The topological polar surface area (TPSA) is 62.7 Å². The Morgan fingerprint density at radius 2 is 1.82 bits per heavy atom. The number of aromatic nitrogens is 1. The first-order valence-corrected chi connectivity index (χ1v) is 12.3. The van der Waals surface area contributed by atoms with Crippen LogP contribution < -0.4 is 4.90 Å². The summed E-state index contributed by atoms with van der Waals surface area (Å²) in [5.41, 5.74) is 5.34. The summed E-state index contributed by atoms with van der Waals surface area (Å²) in [5, 5.41) is 0.790. The Morgan fingerprint density at radius 3 is 2.65 bits per heavy atom. The number of carbonyl (C=O) groups excluding carboxylic acids is 2. The van der Waals surface area contributed by atoms with Crippen LogP contribution >= 0.6 is 0 Å². The fourth-order valence-corrected chi connectivity index (χ4v) is 5.22. The number of ether oxygens (including phenoxy) is 1. The number of carbonyl (C=O) groups is 2. The number of nitrogens with zero attached hydrogens (tertiary/aromatic N) is 3. The third kappa shape index (κ3) is 4.07. The Morgan fingerprint density at radius 1 is 1.03 bits per heavy atom. The van der Waals surface area contributed by atoms with Gasteiger partial charge in [-0.25, -0.2) is 4.79 Å². The minimum absolute atomic E-state index is 0.152. The van der Waals surface area contributed by atoms with E-state index in [1.165, 1.54) is 0 Å². The Kier molecular flexibility index (Phi) is 6.33. The Hall–Kier alpha value is -3.25. The number of amides is 1. The molecule has 0 saturated heterocycles. The smallest absolute Gasteiger partial charge is 0.340 e. The van der Waals surface area contributed by atoms with E-state index in [1.807, 2.05) is 55.5 Å². The van der Waals surface area contributed by atoms with E-state index in [-0.39, 0.29) is 5.91 Å². The second-order valence-electron chi connectivity index (χ2n) is 9.13. The standard InChI is InChI=1S/C28H31N3O3/c1-3-15-30-16-14-23-21(18-30)26(20-10-6-7-11-22(20)29-23)28(33)34-25(4-2)27(32)31-17-13-19-9-5-8-12-24(19)31/h5-12,25H,3-4,13-18H2,1-2H3. The molecule has 1 atom stereocenters. The lowest BCUT2D eigenvalue weighted by molar-refractivity contribution is -0.127. The van der Waals surface area contributed by atoms with Crippen LogP contribution in [0.5, 0.6) is 0 Å². The molecule has 176 valence electrons. The predicted octanol–water partition coefficient (Wildman–Crippen LogP) is 4.53. The monoisotopic (exact) mass is 457 g/mol. The van der Waals surface area contributed by atoms with E-state index >= 15 is 0 Å². The highest BCUT2D eigenvalue weighted by molar-refractivity contribution is 6.07. The van der Waals surface area contributed by atoms with Gasteiger partial charge < -0.3 is 9.64 Å². The van der Waals surface area contributed by atoms with Gasteiger partial charge >= 0.3 is 5.97 Å². The fraction of sp³-hybridized carbons (Fsp3) is 0.393. The molecule has 2 aliphatic rings. The molecule has 5 rings (SSSR count). The van der Waals surface area contributed by atoms with Gasteiger partial charge in [0.05, 0.1) is 11.1 Å². The Balaban J connectivity index is 1.47. The number of pyridine rings is 1. The third-order valence-electron chi connectivity index (χ3n) is 6.92. The molecule has 34 heavy (non-hydrogen) atoms. The summed E-state index contributed by atoms with van der Waals surface area (Å²) in [6.45, 7) is 7.26. The summed E-state index contributed by atoms with van der Waals surface area (Å²) in [4.78, 5) is 36.1. The lowest BCUT2D eigenvalue weighted by atomic mass is 9.95. The molecule has 0 N–H and O–H groups in total. The molecule has 0 fully saturated rings. The zero-order chi connectivity index (χ0) is 23.7. The molecule has 2 aliphatic heterocycles. The summed E-state index contributed by atoms with van der Waals surface area (Å²) >= 11 is 0. The van der Waals surface area contributed by atoms with Crippen LogP contribution in [0.4, 0.5) is 5.69 Å². The van der Waals surface area contributed by atoms with Crippen LogP contribution in [-0.2, 0) is 28.9 Å². The van der Waals surface area contributed by atoms with Crippen molar-refractivity contribution in [2.24, 2.45) is 0 Å². The Labute approximate surface area is 200 Å². The Bertz CT molecular complexity index is 1240. The first kappa shape index (κ1) is 22.5. The third-order valence-corrected chi connectivity index (χ3v) is 6.92. The molecule has 6 nitrogen and oxygen atoms in total. The highest BCUT2D eigenvalue weighted by Crippen LogP contribution is 2.31. The van der Waals surface area contributed by atoms with Gasteiger partial charge in [0, 0.05) is 48.4 Å². The summed E-state index contributed by atoms with van der Waals surface area (Å²) in [7, 11) is 0. The normalized spacial score (nSPS) is 16.2. The van der Waals surface area contributed by atoms with Crippen LogP contribution in [0.1, 0.15) is 53.9 Å². The van der Waals surface area contributed by atoms with E-state index in [2.05, 4.69) is 11.8 Å². The van der Waals surface area contributed by atoms with Crippen LogP contribution in [-0.4, -0.2) is 47.5 Å². The fourth-order valence-electron chi connectivity index (χ4n) is 5.22. The van der Waals surface area contributed by atoms with Crippen molar-refractivity contribution in [2.45, 2.75) is 52.2 Å². The van der Waals surface area contributed by atoms with E-state index in [1.54, 1.807) is 4.90 Å². The number of benzene rings is 2. The first-order valence-electron chi connectivity index (χ1n) is 12.3. The maximum Gasteiger partial charge on any atom is 0.340 e. The van der Waals surface area contributed by atoms with Crippen molar-refractivity contribution in [2.75, 3.05) is 24.5 Å². The SMILES string of the molecule is CCCN1CCc2nc3ccccc3c(C(=O)OC(CC)C(=O)N3CCc4ccccc43)c2C1. The molecule has 0 spiro atoms. The zero-order valence-electron chi connectivity index (χ0n) is 19.9. The number of fused-ring (bicyclic) bond motifs is 3. The molecule has 3 heterocycles. The van der Waals surface area contributed by atoms with Crippen LogP contribution in [0.3, 0.4) is 0 Å². The average molecular weight is 458 g/mol. The van der Waals surface area contributed by atoms with Gasteiger partial charge in [0.2, 0.25) is 0 Å². The average Bonchev–Trinajstić information content (AvgIpc) is 3.29. The van der Waals surface area contributed by atoms with E-state index in [4.69, 9.17) is 9.72 Å². The van der Waals surface area contributed by atoms with Crippen molar-refractivity contribution in [1.82, 2.24) is 9.88 Å². The lowest BCUT2D eigenvalue weighted by Gasteiger charge is -2.30. The van der Waals surface area contributed by atoms with Crippen molar-refractivity contribution in [3.05, 3.63) is 70.9 Å². The maximum absolute atomic E-state index is 13.7. The number of anilines is 1. The molecule has 0 bridgehead atoms. The van der Waals surface area contributed by atoms with E-state index in [0.29, 0.717) is 25.1 Å². The van der Waals surface area contributed by atoms with Gasteiger partial charge in [-0.3, -0.25) is 14.7 Å². The minimum atomic E-state index is -0.823. The van der Waals surface area contributed by atoms with Crippen LogP contribution in [0.25, 0.3) is 10.9 Å². The van der Waals surface area contributed by atoms with E-state index in [9.17, 15) is 9.59 Å². The second-order valence-corrected chi connectivity index (χ2v) is 9.13.